The fraction of sp³-hybridized carbons (Fsp3) is 0.458. The Morgan fingerprint density at radius 2 is 1.77 bits per heavy atom. The van der Waals surface area contributed by atoms with E-state index >= 15 is 0 Å². The summed E-state index contributed by atoms with van der Waals surface area (Å²) >= 11 is 0. The summed E-state index contributed by atoms with van der Waals surface area (Å²) in [5.74, 6) is 0.977. The zero-order valence-electron chi connectivity index (χ0n) is 17.4. The Morgan fingerprint density at radius 3 is 2.47 bits per heavy atom. The molecule has 0 N–H and O–H groups in total. The predicted octanol–water partition coefficient (Wildman–Crippen LogP) is 4.22. The Hall–Kier alpha value is -2.34. The lowest BCUT2D eigenvalue weighted by Gasteiger charge is -2.47. The number of nitrogens with zero attached hydrogens (tertiary/aromatic N) is 1. The Kier molecular flexibility index (Phi) is 5.87. The third-order valence-electron chi connectivity index (χ3n) is 6.81. The quantitative estimate of drug-likeness (QED) is 0.692. The molecule has 1 spiro atoms. The van der Waals surface area contributed by atoms with Gasteiger partial charge in [0.2, 0.25) is 5.91 Å². The summed E-state index contributed by atoms with van der Waals surface area (Å²) in [6, 6.07) is 16.5. The molecule has 1 saturated heterocycles. The molecule has 4 rings (SSSR count). The first-order chi connectivity index (χ1) is 14.4. The van der Waals surface area contributed by atoms with Gasteiger partial charge in [-0.3, -0.25) is 4.79 Å². The predicted molar refractivity (Wildman–Crippen MR) is 116 cm³/mol. The summed E-state index contributed by atoms with van der Waals surface area (Å²) < 4.78 is 31.5. The summed E-state index contributed by atoms with van der Waals surface area (Å²) in [5.41, 5.74) is 0.678. The molecule has 2 unspecified atom stereocenters. The van der Waals surface area contributed by atoms with Crippen molar-refractivity contribution in [2.45, 2.75) is 55.5 Å². The summed E-state index contributed by atoms with van der Waals surface area (Å²) in [4.78, 5) is 15.3. The molecule has 0 aromatic heterocycles. The number of methoxy groups -OCH3 is 1. The van der Waals surface area contributed by atoms with E-state index in [-0.39, 0.29) is 23.1 Å². The van der Waals surface area contributed by atoms with Crippen LogP contribution in [0.1, 0.15) is 44.1 Å². The minimum atomic E-state index is -3.40. The van der Waals surface area contributed by atoms with E-state index in [4.69, 9.17) is 4.74 Å². The first-order valence-electron chi connectivity index (χ1n) is 10.7. The normalized spacial score (nSPS) is 24.4. The minimum Gasteiger partial charge on any atom is -0.497 e. The number of sulfone groups is 1. The second-order valence-corrected chi connectivity index (χ2v) is 10.5. The van der Waals surface area contributed by atoms with Crippen molar-refractivity contribution in [1.29, 1.82) is 0 Å². The van der Waals surface area contributed by atoms with E-state index in [1.165, 1.54) is 0 Å². The third-order valence-corrected chi connectivity index (χ3v) is 8.64. The smallest absolute Gasteiger partial charge is 0.223 e. The van der Waals surface area contributed by atoms with Crippen LogP contribution in [0.3, 0.4) is 0 Å². The summed E-state index contributed by atoms with van der Waals surface area (Å²) in [6.07, 6.45) is 5.02. The van der Waals surface area contributed by atoms with Crippen molar-refractivity contribution >= 4 is 15.7 Å². The molecule has 0 radical (unpaired) electrons. The lowest BCUT2D eigenvalue weighted by Crippen LogP contribution is -2.54. The molecule has 160 valence electrons. The molecule has 1 aliphatic carbocycles. The van der Waals surface area contributed by atoms with E-state index in [2.05, 4.69) is 0 Å². The van der Waals surface area contributed by atoms with E-state index < -0.39 is 9.84 Å². The number of hydrogen-bond acceptors (Lipinski definition) is 4. The van der Waals surface area contributed by atoms with Gasteiger partial charge >= 0.3 is 0 Å². The van der Waals surface area contributed by atoms with Crippen LogP contribution in [0.4, 0.5) is 0 Å². The molecule has 2 fully saturated rings. The van der Waals surface area contributed by atoms with Crippen LogP contribution in [0.2, 0.25) is 0 Å². The van der Waals surface area contributed by atoms with Crippen molar-refractivity contribution in [3.05, 3.63) is 60.2 Å². The van der Waals surface area contributed by atoms with Gasteiger partial charge < -0.3 is 9.64 Å². The van der Waals surface area contributed by atoms with E-state index in [0.29, 0.717) is 17.9 Å². The highest BCUT2D eigenvalue weighted by Gasteiger charge is 2.52. The lowest BCUT2D eigenvalue weighted by atomic mass is 9.72. The van der Waals surface area contributed by atoms with Gasteiger partial charge in [-0.05, 0) is 55.0 Å². The van der Waals surface area contributed by atoms with Crippen LogP contribution in [0, 0.1) is 5.92 Å². The fourth-order valence-electron chi connectivity index (χ4n) is 5.21. The SMILES string of the molecule is COc1ccc(CN2C(=O)CCC23CCCCC3CS(=O)(=O)c2ccccc2)cc1. The van der Waals surface area contributed by atoms with Crippen LogP contribution in [0.25, 0.3) is 0 Å². The average molecular weight is 428 g/mol. The lowest BCUT2D eigenvalue weighted by molar-refractivity contribution is -0.134. The molecule has 1 amide bonds. The first-order valence-corrected chi connectivity index (χ1v) is 12.3. The average Bonchev–Trinajstić information content (AvgIpc) is 3.07. The van der Waals surface area contributed by atoms with Crippen molar-refractivity contribution in [2.24, 2.45) is 5.92 Å². The van der Waals surface area contributed by atoms with Gasteiger partial charge in [0.25, 0.3) is 0 Å². The topological polar surface area (TPSA) is 63.7 Å². The van der Waals surface area contributed by atoms with Gasteiger partial charge in [0, 0.05) is 18.5 Å². The Labute approximate surface area is 179 Å². The van der Waals surface area contributed by atoms with Crippen molar-refractivity contribution in [3.8, 4) is 5.75 Å². The van der Waals surface area contributed by atoms with Crippen molar-refractivity contribution < 1.29 is 17.9 Å². The molecule has 2 atom stereocenters. The van der Waals surface area contributed by atoms with Gasteiger partial charge in [-0.25, -0.2) is 8.42 Å². The highest BCUT2D eigenvalue weighted by atomic mass is 32.2. The van der Waals surface area contributed by atoms with Gasteiger partial charge in [0.1, 0.15) is 5.75 Å². The molecular formula is C24H29NO4S. The molecule has 2 aromatic carbocycles. The second-order valence-electron chi connectivity index (χ2n) is 8.47. The van der Waals surface area contributed by atoms with Gasteiger partial charge in [0.05, 0.1) is 17.8 Å². The minimum absolute atomic E-state index is 0.0406. The van der Waals surface area contributed by atoms with Gasteiger partial charge in [0.15, 0.2) is 9.84 Å². The number of amides is 1. The van der Waals surface area contributed by atoms with Gasteiger partial charge in [-0.15, -0.1) is 0 Å². The highest BCUT2D eigenvalue weighted by molar-refractivity contribution is 7.91. The van der Waals surface area contributed by atoms with Crippen LogP contribution in [-0.4, -0.2) is 37.6 Å². The molecule has 2 aliphatic rings. The van der Waals surface area contributed by atoms with Crippen molar-refractivity contribution in [3.63, 3.8) is 0 Å². The summed E-state index contributed by atoms with van der Waals surface area (Å²) in [6.45, 7) is 0.519. The number of carbonyl (C=O) groups is 1. The number of ether oxygens (including phenoxy) is 1. The summed E-state index contributed by atoms with van der Waals surface area (Å²) in [5, 5.41) is 0. The maximum Gasteiger partial charge on any atom is 0.223 e. The molecule has 1 heterocycles. The van der Waals surface area contributed by atoms with Crippen molar-refractivity contribution in [1.82, 2.24) is 4.90 Å². The maximum absolute atomic E-state index is 13.1. The zero-order valence-corrected chi connectivity index (χ0v) is 18.2. The summed E-state index contributed by atoms with van der Waals surface area (Å²) in [7, 11) is -1.77. The standard InChI is InChI=1S/C24H29NO4S/c1-29-21-12-10-19(11-13-21)17-25-23(26)14-16-24(25)15-6-5-7-20(24)18-30(27,28)22-8-3-2-4-9-22/h2-4,8-13,20H,5-7,14-18H2,1H3. The maximum atomic E-state index is 13.1. The van der Waals surface area contributed by atoms with E-state index in [1.807, 2.05) is 35.2 Å². The number of likely N-dealkylation sites (tertiary alicyclic amines) is 1. The Morgan fingerprint density at radius 1 is 1.03 bits per heavy atom. The van der Waals surface area contributed by atoms with Gasteiger partial charge in [-0.2, -0.15) is 0 Å². The van der Waals surface area contributed by atoms with E-state index in [1.54, 1.807) is 31.4 Å². The van der Waals surface area contributed by atoms with Crippen LogP contribution in [0.15, 0.2) is 59.5 Å². The number of benzene rings is 2. The van der Waals surface area contributed by atoms with Gasteiger partial charge in [-0.1, -0.05) is 43.2 Å². The van der Waals surface area contributed by atoms with Crippen molar-refractivity contribution in [2.75, 3.05) is 12.9 Å². The molecule has 1 aliphatic heterocycles. The largest absolute Gasteiger partial charge is 0.497 e. The molecule has 0 bridgehead atoms. The molecular weight excluding hydrogens is 398 g/mol. The molecule has 5 nitrogen and oxygen atoms in total. The fourth-order valence-corrected chi connectivity index (χ4v) is 6.98. The Bertz CT molecular complexity index is 988. The Balaban J connectivity index is 1.61. The molecule has 6 heteroatoms. The molecule has 1 saturated carbocycles. The van der Waals surface area contributed by atoms with E-state index in [0.717, 1.165) is 43.4 Å². The van der Waals surface area contributed by atoms with Crippen LogP contribution in [-0.2, 0) is 21.2 Å². The second kappa shape index (κ2) is 8.42. The van der Waals surface area contributed by atoms with E-state index in [9.17, 15) is 13.2 Å². The monoisotopic (exact) mass is 427 g/mol. The molecule has 30 heavy (non-hydrogen) atoms. The number of hydrogen-bond donors (Lipinski definition) is 0. The number of carbonyl (C=O) groups excluding carboxylic acids is 1. The molecule has 2 aromatic rings. The zero-order chi connectivity index (χ0) is 21.2. The third kappa shape index (κ3) is 3.97. The van der Waals surface area contributed by atoms with Crippen LogP contribution >= 0.6 is 0 Å². The first kappa shape index (κ1) is 20.9. The van der Waals surface area contributed by atoms with Crippen LogP contribution in [0.5, 0.6) is 5.75 Å². The highest BCUT2D eigenvalue weighted by Crippen LogP contribution is 2.47. The van der Waals surface area contributed by atoms with Crippen LogP contribution < -0.4 is 4.74 Å². The number of rotatable bonds is 6.